The standard InChI is InChI=1S/C28H48N2O7Si2/c1-19(37-39(10,11)28(5,6)7)25-23(29(26(25)33)38(8,9)27(2,3)4)16-22(31)17-24(32)36-18-20-12-14-21(15-13-20)30(34)35/h12-15,19,22-23,25,31H,16-18H2,1-11H3/t19-,22?,23-,25-/m1/s1. The lowest BCUT2D eigenvalue weighted by atomic mass is 9.82. The van der Waals surface area contributed by atoms with E-state index < -0.39 is 33.5 Å². The number of carbonyl (C=O) groups excluding carboxylic acids is 2. The molecule has 0 aliphatic carbocycles. The average Bonchev–Trinajstić information content (AvgIpc) is 2.75. The summed E-state index contributed by atoms with van der Waals surface area (Å²) in [5.41, 5.74) is 0.581. The van der Waals surface area contributed by atoms with Crippen LogP contribution >= 0.6 is 0 Å². The largest absolute Gasteiger partial charge is 0.461 e. The highest BCUT2D eigenvalue weighted by Crippen LogP contribution is 2.48. The molecule has 220 valence electrons. The fraction of sp³-hybridized carbons (Fsp3) is 0.714. The smallest absolute Gasteiger partial charge is 0.308 e. The van der Waals surface area contributed by atoms with Gasteiger partial charge in [-0.25, -0.2) is 0 Å². The Morgan fingerprint density at radius 2 is 1.62 bits per heavy atom. The highest BCUT2D eigenvalue weighted by Gasteiger charge is 2.59. The number of non-ortho nitro benzene ring substituents is 1. The molecule has 0 spiro atoms. The maximum atomic E-state index is 13.7. The molecular weight excluding hydrogens is 532 g/mol. The number of nitrogens with zero attached hydrogens (tertiary/aromatic N) is 2. The maximum absolute atomic E-state index is 13.7. The van der Waals surface area contributed by atoms with E-state index in [1.54, 1.807) is 0 Å². The van der Waals surface area contributed by atoms with Gasteiger partial charge in [-0.2, -0.15) is 0 Å². The van der Waals surface area contributed by atoms with E-state index in [-0.39, 0.29) is 59.2 Å². The molecule has 0 radical (unpaired) electrons. The van der Waals surface area contributed by atoms with Gasteiger partial charge in [0.25, 0.3) is 5.69 Å². The zero-order valence-corrected chi connectivity index (χ0v) is 27.5. The summed E-state index contributed by atoms with van der Waals surface area (Å²) in [6.07, 6.45) is -1.22. The third-order valence-corrected chi connectivity index (χ3v) is 19.0. The number of nitro benzene ring substituents is 1. The van der Waals surface area contributed by atoms with Crippen LogP contribution in [0.25, 0.3) is 0 Å². The molecule has 2 rings (SSSR count). The van der Waals surface area contributed by atoms with E-state index in [4.69, 9.17) is 9.16 Å². The van der Waals surface area contributed by atoms with Crippen molar-refractivity contribution in [1.82, 2.24) is 4.57 Å². The van der Waals surface area contributed by atoms with Crippen molar-refractivity contribution in [3.8, 4) is 0 Å². The van der Waals surface area contributed by atoms with Gasteiger partial charge in [-0.15, -0.1) is 0 Å². The minimum atomic E-state index is -2.25. The Hall–Kier alpha value is -2.09. The van der Waals surface area contributed by atoms with Crippen molar-refractivity contribution in [2.75, 3.05) is 0 Å². The first kappa shape index (κ1) is 33.1. The number of carbonyl (C=O) groups is 2. The number of benzene rings is 1. The van der Waals surface area contributed by atoms with Gasteiger partial charge < -0.3 is 18.8 Å². The zero-order chi connectivity index (χ0) is 30.1. The number of hydrogen-bond donors (Lipinski definition) is 1. The van der Waals surface area contributed by atoms with E-state index in [2.05, 4.69) is 67.7 Å². The van der Waals surface area contributed by atoms with Gasteiger partial charge in [-0.1, -0.05) is 54.6 Å². The topological polar surface area (TPSA) is 119 Å². The SMILES string of the molecule is C[C@@H](O[Si](C)(C)C(C)(C)C)[C@H]1C(=O)N([Si](C)(C)C(C)(C)C)[C@@H]1CC(O)CC(=O)OCc1ccc([N+](=O)[O-])cc1. The van der Waals surface area contributed by atoms with Crippen molar-refractivity contribution in [3.05, 3.63) is 39.9 Å². The van der Waals surface area contributed by atoms with Crippen LogP contribution in [0.4, 0.5) is 5.69 Å². The van der Waals surface area contributed by atoms with Crippen LogP contribution < -0.4 is 0 Å². The quantitative estimate of drug-likeness (QED) is 0.112. The molecule has 39 heavy (non-hydrogen) atoms. The van der Waals surface area contributed by atoms with Crippen LogP contribution in [0.2, 0.25) is 36.3 Å². The van der Waals surface area contributed by atoms with Crippen molar-refractivity contribution in [2.45, 2.75) is 122 Å². The van der Waals surface area contributed by atoms with Crippen molar-refractivity contribution >= 4 is 34.1 Å². The van der Waals surface area contributed by atoms with Crippen molar-refractivity contribution in [3.63, 3.8) is 0 Å². The summed E-state index contributed by atoms with van der Waals surface area (Å²) in [6.45, 7) is 23.6. The Balaban J connectivity index is 2.14. The molecule has 1 saturated heterocycles. The zero-order valence-electron chi connectivity index (χ0n) is 25.5. The summed E-state index contributed by atoms with van der Waals surface area (Å²) < 4.78 is 13.9. The number of aliphatic hydroxyl groups is 1. The predicted molar refractivity (Wildman–Crippen MR) is 157 cm³/mol. The van der Waals surface area contributed by atoms with E-state index in [0.29, 0.717) is 5.56 Å². The molecule has 4 atom stereocenters. The number of nitro groups is 1. The molecule has 1 aromatic rings. The first-order chi connectivity index (χ1) is 17.6. The normalized spacial score (nSPS) is 20.3. The van der Waals surface area contributed by atoms with E-state index in [0.717, 1.165) is 0 Å². The average molecular weight is 581 g/mol. The van der Waals surface area contributed by atoms with Gasteiger partial charge in [0.05, 0.1) is 29.5 Å². The van der Waals surface area contributed by atoms with Gasteiger partial charge >= 0.3 is 5.97 Å². The maximum Gasteiger partial charge on any atom is 0.308 e. The summed E-state index contributed by atoms with van der Waals surface area (Å²) in [7, 11) is -4.37. The molecule has 1 N–H and O–H groups in total. The summed E-state index contributed by atoms with van der Waals surface area (Å²) in [5.74, 6) is -0.864. The molecule has 1 heterocycles. The minimum Gasteiger partial charge on any atom is -0.461 e. The second-order valence-corrected chi connectivity index (χ2v) is 23.7. The van der Waals surface area contributed by atoms with Crippen molar-refractivity contribution in [2.24, 2.45) is 5.92 Å². The molecule has 1 unspecified atom stereocenters. The van der Waals surface area contributed by atoms with E-state index in [1.165, 1.54) is 24.3 Å². The monoisotopic (exact) mass is 580 g/mol. The molecule has 9 nitrogen and oxygen atoms in total. The molecule has 1 aliphatic heterocycles. The van der Waals surface area contributed by atoms with Crippen LogP contribution in [0.1, 0.15) is 66.9 Å². The number of hydrogen-bond acceptors (Lipinski definition) is 7. The summed E-state index contributed by atoms with van der Waals surface area (Å²) in [5, 5.41) is 21.7. The molecule has 11 heteroatoms. The van der Waals surface area contributed by atoms with E-state index >= 15 is 0 Å². The van der Waals surface area contributed by atoms with Crippen LogP contribution in [0.3, 0.4) is 0 Å². The van der Waals surface area contributed by atoms with Gasteiger partial charge in [0, 0.05) is 18.2 Å². The molecule has 1 amide bonds. The Bertz CT molecular complexity index is 1050. The number of aliphatic hydroxyl groups excluding tert-OH is 1. The lowest BCUT2D eigenvalue weighted by Gasteiger charge is -2.60. The fourth-order valence-electron chi connectivity index (χ4n) is 4.59. The number of β-lactam (4-membered cyclic amide) rings is 1. The fourth-order valence-corrected chi connectivity index (χ4v) is 8.54. The molecule has 0 aromatic heterocycles. The first-order valence-electron chi connectivity index (χ1n) is 13.7. The Morgan fingerprint density at radius 3 is 2.08 bits per heavy atom. The van der Waals surface area contributed by atoms with Crippen molar-refractivity contribution in [1.29, 1.82) is 0 Å². The van der Waals surface area contributed by atoms with E-state index in [1.807, 2.05) is 11.5 Å². The van der Waals surface area contributed by atoms with Gasteiger partial charge in [0.2, 0.25) is 5.91 Å². The van der Waals surface area contributed by atoms with Gasteiger partial charge in [0.1, 0.15) is 6.61 Å². The van der Waals surface area contributed by atoms with Crippen LogP contribution in [0.15, 0.2) is 24.3 Å². The molecule has 0 bridgehead atoms. The van der Waals surface area contributed by atoms with Crippen molar-refractivity contribution < 1.29 is 28.8 Å². The van der Waals surface area contributed by atoms with Crippen LogP contribution in [0.5, 0.6) is 0 Å². The van der Waals surface area contributed by atoms with Crippen LogP contribution in [-0.2, 0) is 25.4 Å². The third kappa shape index (κ3) is 7.56. The molecule has 1 aromatic carbocycles. The lowest BCUT2D eigenvalue weighted by Crippen LogP contribution is -2.75. The Morgan fingerprint density at radius 1 is 1.08 bits per heavy atom. The lowest BCUT2D eigenvalue weighted by molar-refractivity contribution is -0.384. The molecule has 1 fully saturated rings. The number of ether oxygens (including phenoxy) is 1. The van der Waals surface area contributed by atoms with Crippen LogP contribution in [-0.4, -0.2) is 61.3 Å². The number of rotatable bonds is 11. The van der Waals surface area contributed by atoms with Crippen LogP contribution in [0, 0.1) is 16.0 Å². The molecule has 0 saturated carbocycles. The Kier molecular flexibility index (Phi) is 10.0. The van der Waals surface area contributed by atoms with Gasteiger partial charge in [0.15, 0.2) is 16.6 Å². The second kappa shape index (κ2) is 11.8. The highest BCUT2D eigenvalue weighted by atomic mass is 28.4. The first-order valence-corrected chi connectivity index (χ1v) is 19.5. The summed E-state index contributed by atoms with van der Waals surface area (Å²) >= 11 is 0. The van der Waals surface area contributed by atoms with Gasteiger partial charge in [-0.3, -0.25) is 19.7 Å². The third-order valence-electron chi connectivity index (χ3n) is 8.96. The minimum absolute atomic E-state index is 0.00435. The molecule has 1 aliphatic rings. The number of amides is 1. The predicted octanol–water partition coefficient (Wildman–Crippen LogP) is 6.02. The van der Waals surface area contributed by atoms with E-state index in [9.17, 15) is 24.8 Å². The Labute approximate surface area is 235 Å². The van der Waals surface area contributed by atoms with Gasteiger partial charge in [-0.05, 0) is 54.2 Å². The number of esters is 1. The highest BCUT2D eigenvalue weighted by molar-refractivity contribution is 6.80. The summed E-state index contributed by atoms with van der Waals surface area (Å²) in [6, 6.07) is 5.55. The molecular formula is C28H48N2O7Si2. The summed E-state index contributed by atoms with van der Waals surface area (Å²) in [4.78, 5) is 36.5. The second-order valence-electron chi connectivity index (χ2n) is 13.9.